The van der Waals surface area contributed by atoms with Gasteiger partial charge < -0.3 is 14.4 Å². The van der Waals surface area contributed by atoms with Crippen LogP contribution < -0.4 is 0 Å². The molecule has 0 saturated carbocycles. The van der Waals surface area contributed by atoms with Crippen molar-refractivity contribution in [3.05, 3.63) is 71.8 Å². The molecule has 4 heteroatoms. The Morgan fingerprint density at radius 1 is 1.09 bits per heavy atom. The van der Waals surface area contributed by atoms with Gasteiger partial charge in [-0.3, -0.25) is 4.79 Å². The highest BCUT2D eigenvalue weighted by molar-refractivity contribution is 5.94. The number of benzene rings is 2. The van der Waals surface area contributed by atoms with E-state index in [0.29, 0.717) is 31.9 Å². The Labute approximate surface area is 130 Å². The summed E-state index contributed by atoms with van der Waals surface area (Å²) >= 11 is 0. The topological polar surface area (TPSA) is 38.8 Å². The second-order valence-electron chi connectivity index (χ2n) is 5.19. The summed E-state index contributed by atoms with van der Waals surface area (Å²) in [6, 6.07) is 19.2. The fourth-order valence-electron chi connectivity index (χ4n) is 2.46. The Kier molecular flexibility index (Phi) is 4.83. The van der Waals surface area contributed by atoms with Gasteiger partial charge in [-0.15, -0.1) is 0 Å². The van der Waals surface area contributed by atoms with Crippen LogP contribution in [0.25, 0.3) is 0 Å². The number of rotatable bonds is 4. The molecule has 0 N–H and O–H groups in total. The molecule has 1 unspecified atom stereocenters. The molecule has 22 heavy (non-hydrogen) atoms. The number of amides is 1. The van der Waals surface area contributed by atoms with Crippen molar-refractivity contribution < 1.29 is 14.3 Å². The Hall–Kier alpha value is -2.17. The van der Waals surface area contributed by atoms with Crippen LogP contribution in [-0.2, 0) is 16.1 Å². The molecule has 0 spiro atoms. The fraction of sp³-hybridized carbons (Fsp3) is 0.278. The Morgan fingerprint density at radius 3 is 2.50 bits per heavy atom. The lowest BCUT2D eigenvalue weighted by molar-refractivity contribution is -0.128. The maximum atomic E-state index is 12.6. The molecule has 4 nitrogen and oxygen atoms in total. The highest BCUT2D eigenvalue weighted by Gasteiger charge is 2.28. The van der Waals surface area contributed by atoms with Gasteiger partial charge in [0.25, 0.3) is 5.91 Å². The fourth-order valence-corrected chi connectivity index (χ4v) is 2.46. The number of morpholine rings is 1. The van der Waals surface area contributed by atoms with Crippen molar-refractivity contribution in [1.29, 1.82) is 0 Å². The Morgan fingerprint density at radius 2 is 1.77 bits per heavy atom. The highest BCUT2D eigenvalue weighted by atomic mass is 16.5. The second kappa shape index (κ2) is 7.20. The molecule has 1 aliphatic heterocycles. The third kappa shape index (κ3) is 3.53. The van der Waals surface area contributed by atoms with Gasteiger partial charge in [-0.25, -0.2) is 0 Å². The van der Waals surface area contributed by atoms with Gasteiger partial charge in [0.2, 0.25) is 0 Å². The maximum absolute atomic E-state index is 12.6. The average molecular weight is 297 g/mol. The molecular weight excluding hydrogens is 278 g/mol. The van der Waals surface area contributed by atoms with Gasteiger partial charge in [0.1, 0.15) is 0 Å². The van der Waals surface area contributed by atoms with Gasteiger partial charge in [0.05, 0.1) is 19.8 Å². The van der Waals surface area contributed by atoms with Crippen LogP contribution in [0.3, 0.4) is 0 Å². The summed E-state index contributed by atoms with van der Waals surface area (Å²) in [4.78, 5) is 14.4. The lowest BCUT2D eigenvalue weighted by Gasteiger charge is -2.35. The summed E-state index contributed by atoms with van der Waals surface area (Å²) < 4.78 is 11.4. The van der Waals surface area contributed by atoms with Gasteiger partial charge in [0.15, 0.2) is 6.23 Å². The molecule has 0 radical (unpaired) electrons. The molecule has 1 heterocycles. The normalized spacial score (nSPS) is 18.2. The molecule has 1 saturated heterocycles. The van der Waals surface area contributed by atoms with Gasteiger partial charge in [-0.1, -0.05) is 48.5 Å². The lowest BCUT2D eigenvalue weighted by atomic mass is 10.2. The summed E-state index contributed by atoms with van der Waals surface area (Å²) in [5.74, 6) is -0.0121. The minimum atomic E-state index is -0.346. The molecule has 1 fully saturated rings. The summed E-state index contributed by atoms with van der Waals surface area (Å²) in [5, 5.41) is 0. The molecule has 0 aliphatic carbocycles. The minimum Gasteiger partial charge on any atom is -0.375 e. The molecule has 1 amide bonds. The molecule has 1 aliphatic rings. The smallest absolute Gasteiger partial charge is 0.256 e. The average Bonchev–Trinajstić information content (AvgIpc) is 2.61. The van der Waals surface area contributed by atoms with Crippen LogP contribution in [0.1, 0.15) is 15.9 Å². The van der Waals surface area contributed by atoms with Crippen LogP contribution in [0.4, 0.5) is 0 Å². The van der Waals surface area contributed by atoms with Gasteiger partial charge in [-0.2, -0.15) is 0 Å². The van der Waals surface area contributed by atoms with E-state index >= 15 is 0 Å². The summed E-state index contributed by atoms with van der Waals surface area (Å²) in [6.07, 6.45) is -0.346. The van der Waals surface area contributed by atoms with Crippen molar-refractivity contribution in [2.24, 2.45) is 0 Å². The number of hydrogen-bond donors (Lipinski definition) is 0. The third-order valence-corrected chi connectivity index (χ3v) is 3.65. The van der Waals surface area contributed by atoms with E-state index in [1.165, 1.54) is 0 Å². The summed E-state index contributed by atoms with van der Waals surface area (Å²) in [5.41, 5.74) is 1.76. The van der Waals surface area contributed by atoms with Gasteiger partial charge in [-0.05, 0) is 17.7 Å². The van der Waals surface area contributed by atoms with Gasteiger partial charge >= 0.3 is 0 Å². The van der Waals surface area contributed by atoms with Crippen LogP contribution in [0, 0.1) is 0 Å². The summed E-state index contributed by atoms with van der Waals surface area (Å²) in [6.45, 7) is 1.97. The predicted molar refractivity (Wildman–Crippen MR) is 83.3 cm³/mol. The number of hydrogen-bond acceptors (Lipinski definition) is 3. The molecule has 2 aromatic rings. The van der Waals surface area contributed by atoms with E-state index in [4.69, 9.17) is 9.47 Å². The van der Waals surface area contributed by atoms with Crippen LogP contribution in [0.2, 0.25) is 0 Å². The zero-order valence-electron chi connectivity index (χ0n) is 12.4. The molecule has 0 aromatic heterocycles. The molecule has 3 rings (SSSR count). The lowest BCUT2D eigenvalue weighted by Crippen LogP contribution is -2.50. The first kappa shape index (κ1) is 14.8. The standard InChI is InChI=1S/C18H19NO3/c20-18(16-9-5-2-6-10-16)19-11-12-21-14-17(19)22-13-15-7-3-1-4-8-15/h1-10,17H,11-14H2. The zero-order valence-corrected chi connectivity index (χ0v) is 12.4. The van der Waals surface area contributed by atoms with Crippen LogP contribution >= 0.6 is 0 Å². The highest BCUT2D eigenvalue weighted by Crippen LogP contribution is 2.15. The number of nitrogens with zero attached hydrogens (tertiary/aromatic N) is 1. The predicted octanol–water partition coefficient (Wildman–Crippen LogP) is 2.70. The molecule has 1 atom stereocenters. The monoisotopic (exact) mass is 297 g/mol. The molecule has 2 aromatic carbocycles. The molecular formula is C18H19NO3. The first-order chi connectivity index (χ1) is 10.8. The van der Waals surface area contributed by atoms with Crippen molar-refractivity contribution >= 4 is 5.91 Å². The van der Waals surface area contributed by atoms with Crippen LogP contribution in [0.15, 0.2) is 60.7 Å². The van der Waals surface area contributed by atoms with Crippen LogP contribution in [0.5, 0.6) is 0 Å². The van der Waals surface area contributed by atoms with E-state index in [1.54, 1.807) is 4.90 Å². The van der Waals surface area contributed by atoms with E-state index in [0.717, 1.165) is 5.56 Å². The first-order valence-corrected chi connectivity index (χ1v) is 7.44. The number of carbonyl (C=O) groups excluding carboxylic acids is 1. The van der Waals surface area contributed by atoms with E-state index in [1.807, 2.05) is 60.7 Å². The Balaban J connectivity index is 1.67. The van der Waals surface area contributed by atoms with Crippen molar-refractivity contribution in [2.75, 3.05) is 19.8 Å². The van der Waals surface area contributed by atoms with Crippen LogP contribution in [-0.4, -0.2) is 36.8 Å². The Bertz CT molecular complexity index is 600. The van der Waals surface area contributed by atoms with Crippen molar-refractivity contribution in [2.45, 2.75) is 12.8 Å². The quantitative estimate of drug-likeness (QED) is 0.871. The SMILES string of the molecule is O=C(c1ccccc1)N1CCOCC1OCc1ccccc1. The van der Waals surface area contributed by atoms with Crippen molar-refractivity contribution in [3.63, 3.8) is 0 Å². The number of ether oxygens (including phenoxy) is 2. The first-order valence-electron chi connectivity index (χ1n) is 7.44. The van der Waals surface area contributed by atoms with E-state index in [-0.39, 0.29) is 12.1 Å². The minimum absolute atomic E-state index is 0.0121. The largest absolute Gasteiger partial charge is 0.375 e. The number of carbonyl (C=O) groups is 1. The third-order valence-electron chi connectivity index (χ3n) is 3.65. The molecule has 114 valence electrons. The van der Waals surface area contributed by atoms with Crippen molar-refractivity contribution in [3.8, 4) is 0 Å². The second-order valence-corrected chi connectivity index (χ2v) is 5.19. The maximum Gasteiger partial charge on any atom is 0.256 e. The summed E-state index contributed by atoms with van der Waals surface area (Å²) in [7, 11) is 0. The van der Waals surface area contributed by atoms with Gasteiger partial charge in [0, 0.05) is 12.1 Å². The van der Waals surface area contributed by atoms with E-state index in [9.17, 15) is 4.79 Å². The van der Waals surface area contributed by atoms with Crippen molar-refractivity contribution in [1.82, 2.24) is 4.90 Å². The molecule has 0 bridgehead atoms. The van der Waals surface area contributed by atoms with E-state index < -0.39 is 0 Å². The van der Waals surface area contributed by atoms with E-state index in [2.05, 4.69) is 0 Å². The zero-order chi connectivity index (χ0) is 15.2.